The van der Waals surface area contributed by atoms with Gasteiger partial charge < -0.3 is 10.4 Å². The number of carboxylic acids is 1. The molecule has 31 heavy (non-hydrogen) atoms. The number of nitrogens with one attached hydrogen (secondary N) is 1. The van der Waals surface area contributed by atoms with Gasteiger partial charge in [0.1, 0.15) is 6.04 Å². The molecule has 0 aromatic heterocycles. The molecule has 0 saturated heterocycles. The second-order valence-electron chi connectivity index (χ2n) is 6.31. The highest BCUT2D eigenvalue weighted by Gasteiger charge is 2.37. The van der Waals surface area contributed by atoms with Gasteiger partial charge in [-0.3, -0.25) is 9.00 Å². The van der Waals surface area contributed by atoms with E-state index in [0.29, 0.717) is 4.90 Å². The zero-order valence-corrected chi connectivity index (χ0v) is 16.3. The Labute approximate surface area is 174 Å². The summed E-state index contributed by atoms with van der Waals surface area (Å²) in [6.07, 6.45) is -10.7. The van der Waals surface area contributed by atoms with Gasteiger partial charge in [-0.25, -0.2) is 4.79 Å². The van der Waals surface area contributed by atoms with Gasteiger partial charge in [0.05, 0.1) is 21.9 Å². The maximum absolute atomic E-state index is 12.9. The minimum absolute atomic E-state index is 0.144. The Bertz CT molecular complexity index is 943. The summed E-state index contributed by atoms with van der Waals surface area (Å²) in [4.78, 5) is 24.0. The summed E-state index contributed by atoms with van der Waals surface area (Å²) in [5.74, 6) is -3.23. The molecule has 2 rings (SSSR count). The van der Waals surface area contributed by atoms with Crippen molar-refractivity contribution in [1.82, 2.24) is 5.32 Å². The van der Waals surface area contributed by atoms with Gasteiger partial charge in [-0.1, -0.05) is 18.2 Å². The van der Waals surface area contributed by atoms with Crippen LogP contribution in [0.15, 0.2) is 53.4 Å². The molecule has 0 fully saturated rings. The predicted molar refractivity (Wildman–Crippen MR) is 97.7 cm³/mol. The molecule has 168 valence electrons. The fourth-order valence-electron chi connectivity index (χ4n) is 2.50. The third-order valence-corrected chi connectivity index (χ3v) is 5.46. The van der Waals surface area contributed by atoms with Gasteiger partial charge >= 0.3 is 18.3 Å². The molecule has 0 heterocycles. The Morgan fingerprint density at radius 3 is 1.90 bits per heavy atom. The number of carboxylic acid groups (broad SMARTS) is 1. The van der Waals surface area contributed by atoms with Crippen LogP contribution in [0, 0.1) is 0 Å². The summed E-state index contributed by atoms with van der Waals surface area (Å²) in [5, 5.41) is 11.1. The Morgan fingerprint density at radius 1 is 0.935 bits per heavy atom. The summed E-state index contributed by atoms with van der Waals surface area (Å²) in [5.41, 5.74) is -4.41. The third kappa shape index (κ3) is 6.81. The monoisotopic (exact) mass is 467 g/mol. The number of amides is 1. The lowest BCUT2D eigenvalue weighted by molar-refractivity contribution is -0.143. The highest BCUT2D eigenvalue weighted by Crippen LogP contribution is 2.36. The molecule has 2 atom stereocenters. The number of hydrogen-bond acceptors (Lipinski definition) is 3. The minimum Gasteiger partial charge on any atom is -0.480 e. The quantitative estimate of drug-likeness (QED) is 0.601. The first-order chi connectivity index (χ1) is 14.3. The number of alkyl halides is 6. The molecular formula is C19H15F6NO4S. The molecule has 0 unspecified atom stereocenters. The van der Waals surface area contributed by atoms with E-state index in [2.05, 4.69) is 0 Å². The molecule has 0 saturated carbocycles. The molecule has 0 aliphatic rings. The Hall–Kier alpha value is -2.89. The molecule has 0 spiro atoms. The highest BCUT2D eigenvalue weighted by atomic mass is 32.2. The lowest BCUT2D eigenvalue weighted by Gasteiger charge is -2.17. The first kappa shape index (κ1) is 24.4. The van der Waals surface area contributed by atoms with E-state index in [9.17, 15) is 45.2 Å². The van der Waals surface area contributed by atoms with Crippen LogP contribution in [0.4, 0.5) is 26.3 Å². The molecule has 12 heteroatoms. The van der Waals surface area contributed by atoms with E-state index in [1.807, 2.05) is 5.32 Å². The van der Waals surface area contributed by atoms with Crippen molar-refractivity contribution in [2.45, 2.75) is 29.7 Å². The molecule has 1 amide bonds. The van der Waals surface area contributed by atoms with E-state index in [1.54, 1.807) is 18.2 Å². The van der Waals surface area contributed by atoms with Gasteiger partial charge in [0, 0.05) is 16.2 Å². The Balaban J connectivity index is 2.22. The second kappa shape index (κ2) is 9.50. The van der Waals surface area contributed by atoms with Crippen LogP contribution in [0.5, 0.6) is 0 Å². The normalized spacial score (nSPS) is 14.0. The zero-order valence-electron chi connectivity index (χ0n) is 15.5. The van der Waals surface area contributed by atoms with Crippen molar-refractivity contribution in [3.05, 3.63) is 65.2 Å². The lowest BCUT2D eigenvalue weighted by Crippen LogP contribution is -2.41. The summed E-state index contributed by atoms with van der Waals surface area (Å²) in [7, 11) is -1.62. The molecule has 2 aromatic carbocycles. The van der Waals surface area contributed by atoms with Crippen LogP contribution in [0.2, 0.25) is 0 Å². The van der Waals surface area contributed by atoms with Crippen LogP contribution in [-0.4, -0.2) is 33.0 Å². The van der Waals surface area contributed by atoms with E-state index in [-0.39, 0.29) is 30.4 Å². The maximum Gasteiger partial charge on any atom is 0.416 e. The van der Waals surface area contributed by atoms with Gasteiger partial charge in [-0.2, -0.15) is 26.3 Å². The predicted octanol–water partition coefficient (Wildman–Crippen LogP) is 4.11. The number of benzene rings is 2. The van der Waals surface area contributed by atoms with Gasteiger partial charge in [0.2, 0.25) is 0 Å². The summed E-state index contributed by atoms with van der Waals surface area (Å²) < 4.78 is 89.8. The molecule has 2 N–H and O–H groups in total. The van der Waals surface area contributed by atoms with Crippen molar-refractivity contribution in [2.24, 2.45) is 0 Å². The highest BCUT2D eigenvalue weighted by molar-refractivity contribution is 7.85. The summed E-state index contributed by atoms with van der Waals surface area (Å²) in [6, 6.07) is 6.53. The van der Waals surface area contributed by atoms with Crippen molar-refractivity contribution < 1.29 is 45.2 Å². The molecule has 0 aliphatic carbocycles. The zero-order chi connectivity index (χ0) is 23.4. The van der Waals surface area contributed by atoms with Gasteiger partial charge in [-0.05, 0) is 36.8 Å². The molecule has 0 aliphatic heterocycles. The molecule has 5 nitrogen and oxygen atoms in total. The number of hydrogen-bond donors (Lipinski definition) is 2. The molecule has 0 radical (unpaired) electrons. The van der Waals surface area contributed by atoms with Crippen LogP contribution in [0.25, 0.3) is 0 Å². The maximum atomic E-state index is 12.9. The van der Waals surface area contributed by atoms with Crippen LogP contribution in [0.1, 0.15) is 27.9 Å². The van der Waals surface area contributed by atoms with Crippen molar-refractivity contribution in [3.63, 3.8) is 0 Å². The van der Waals surface area contributed by atoms with Crippen LogP contribution in [-0.2, 0) is 27.9 Å². The van der Waals surface area contributed by atoms with E-state index < -0.39 is 57.8 Å². The topological polar surface area (TPSA) is 83.5 Å². The Kier molecular flexibility index (Phi) is 7.47. The van der Waals surface area contributed by atoms with E-state index >= 15 is 0 Å². The summed E-state index contributed by atoms with van der Waals surface area (Å²) in [6.45, 7) is 0. The lowest BCUT2D eigenvalue weighted by atomic mass is 10.0. The summed E-state index contributed by atoms with van der Waals surface area (Å²) >= 11 is 0. The number of aliphatic carboxylic acids is 1. The average Bonchev–Trinajstić information content (AvgIpc) is 2.69. The van der Waals surface area contributed by atoms with Crippen molar-refractivity contribution >= 4 is 22.7 Å². The van der Waals surface area contributed by atoms with Gasteiger partial charge in [0.25, 0.3) is 5.91 Å². The number of rotatable bonds is 7. The molecule has 0 bridgehead atoms. The van der Waals surface area contributed by atoms with Crippen LogP contribution >= 0.6 is 0 Å². The van der Waals surface area contributed by atoms with E-state index in [1.165, 1.54) is 12.1 Å². The number of halogens is 6. The third-order valence-electron chi connectivity index (χ3n) is 4.05. The van der Waals surface area contributed by atoms with Crippen LogP contribution < -0.4 is 5.32 Å². The fraction of sp³-hybridized carbons (Fsp3) is 0.263. The Morgan fingerprint density at radius 2 is 1.45 bits per heavy atom. The smallest absolute Gasteiger partial charge is 0.416 e. The molecule has 2 aromatic rings. The van der Waals surface area contributed by atoms with E-state index in [0.717, 1.165) is 0 Å². The van der Waals surface area contributed by atoms with Crippen molar-refractivity contribution in [1.29, 1.82) is 0 Å². The van der Waals surface area contributed by atoms with Crippen molar-refractivity contribution in [3.8, 4) is 0 Å². The standard InChI is InChI=1S/C19H15F6NO4S/c20-18(21,22)12-8-11(9-13(10-12)19(23,24)25)16(27)26-15(17(28)29)6-7-31(30)14-4-2-1-3-5-14/h1-5,8-10,15H,6-7H2,(H,26,27)(H,28,29)/t15-,31+/m1/s1. The molecular weight excluding hydrogens is 452 g/mol. The first-order valence-corrected chi connectivity index (χ1v) is 9.87. The minimum atomic E-state index is -5.16. The average molecular weight is 467 g/mol. The van der Waals surface area contributed by atoms with Crippen LogP contribution in [0.3, 0.4) is 0 Å². The van der Waals surface area contributed by atoms with Gasteiger partial charge in [0.15, 0.2) is 0 Å². The first-order valence-electron chi connectivity index (χ1n) is 8.55. The van der Waals surface area contributed by atoms with Gasteiger partial charge in [-0.15, -0.1) is 0 Å². The SMILES string of the molecule is O=C(N[C@H](CC[S@](=O)c1ccccc1)C(=O)O)c1cc(C(F)(F)F)cc(C(F)(F)F)c1. The second-order valence-corrected chi connectivity index (χ2v) is 7.88. The van der Waals surface area contributed by atoms with Crippen molar-refractivity contribution in [2.75, 3.05) is 5.75 Å². The number of carbonyl (C=O) groups excluding carboxylic acids is 1. The fourth-order valence-corrected chi connectivity index (χ4v) is 3.65. The number of carbonyl (C=O) groups is 2. The van der Waals surface area contributed by atoms with E-state index in [4.69, 9.17) is 0 Å². The largest absolute Gasteiger partial charge is 0.480 e.